The van der Waals surface area contributed by atoms with Crippen molar-refractivity contribution in [2.75, 3.05) is 7.11 Å². The highest BCUT2D eigenvalue weighted by molar-refractivity contribution is 5.77. The summed E-state index contributed by atoms with van der Waals surface area (Å²) in [6.45, 7) is 2.02. The van der Waals surface area contributed by atoms with Crippen molar-refractivity contribution in [3.63, 3.8) is 0 Å². The minimum atomic E-state index is -0.0496. The predicted octanol–water partition coefficient (Wildman–Crippen LogP) is 2.45. The van der Waals surface area contributed by atoms with Gasteiger partial charge in [0.2, 0.25) is 0 Å². The number of carbonyl (C=O) groups excluding carboxylic acids is 1. The molecule has 3 heteroatoms. The Balaban J connectivity index is 1.98. The highest BCUT2D eigenvalue weighted by atomic mass is 16.6. The van der Waals surface area contributed by atoms with Crippen LogP contribution in [-0.4, -0.2) is 25.3 Å². The molecule has 0 spiro atoms. The normalized spacial score (nSPS) is 40.9. The molecule has 17 heavy (non-hydrogen) atoms. The number of methoxy groups -OCH3 is 1. The highest BCUT2D eigenvalue weighted by Crippen LogP contribution is 2.47. The molecule has 0 aromatic heterocycles. The van der Waals surface area contributed by atoms with Crippen LogP contribution in [0.5, 0.6) is 0 Å². The third-order valence-electron chi connectivity index (χ3n) is 4.67. The van der Waals surface area contributed by atoms with Crippen molar-refractivity contribution >= 4 is 5.97 Å². The van der Waals surface area contributed by atoms with Crippen LogP contribution in [0.25, 0.3) is 0 Å². The van der Waals surface area contributed by atoms with E-state index in [0.29, 0.717) is 5.92 Å². The Bertz CT molecular complexity index is 372. The molecular weight excluding hydrogens is 216 g/mol. The van der Waals surface area contributed by atoms with Crippen molar-refractivity contribution < 1.29 is 14.3 Å². The third kappa shape index (κ3) is 1.63. The molecular formula is C14H20O3. The van der Waals surface area contributed by atoms with Crippen LogP contribution in [0, 0.1) is 11.8 Å². The van der Waals surface area contributed by atoms with E-state index in [2.05, 4.69) is 0 Å². The summed E-state index contributed by atoms with van der Waals surface area (Å²) in [6, 6.07) is 0. The van der Waals surface area contributed by atoms with E-state index in [1.807, 2.05) is 6.92 Å². The van der Waals surface area contributed by atoms with E-state index in [1.165, 1.54) is 24.8 Å². The SMILES string of the molecule is CO[C@@H]1C2=C(CCCC2)C[C@H]2[C@@H]1C(=O)O[C@@H]2C. The Labute approximate surface area is 102 Å². The lowest BCUT2D eigenvalue weighted by Gasteiger charge is -2.37. The maximum atomic E-state index is 11.9. The van der Waals surface area contributed by atoms with Gasteiger partial charge >= 0.3 is 5.97 Å². The number of fused-ring (bicyclic) bond motifs is 1. The van der Waals surface area contributed by atoms with Crippen molar-refractivity contribution in [2.24, 2.45) is 11.8 Å². The number of allylic oxidation sites excluding steroid dienone is 1. The minimum Gasteiger partial charge on any atom is -0.462 e. The Hall–Kier alpha value is -0.830. The van der Waals surface area contributed by atoms with E-state index in [0.717, 1.165) is 12.8 Å². The zero-order valence-electron chi connectivity index (χ0n) is 10.6. The van der Waals surface area contributed by atoms with E-state index >= 15 is 0 Å². The fourth-order valence-electron chi connectivity index (χ4n) is 3.81. The highest BCUT2D eigenvalue weighted by Gasteiger charge is 2.51. The molecule has 3 rings (SSSR count). The van der Waals surface area contributed by atoms with E-state index in [-0.39, 0.29) is 24.1 Å². The number of ether oxygens (including phenoxy) is 2. The van der Waals surface area contributed by atoms with Gasteiger partial charge in [0, 0.05) is 13.0 Å². The molecule has 3 aliphatic rings. The summed E-state index contributed by atoms with van der Waals surface area (Å²) in [4.78, 5) is 11.9. The van der Waals surface area contributed by atoms with Gasteiger partial charge in [-0.25, -0.2) is 0 Å². The van der Waals surface area contributed by atoms with Gasteiger partial charge in [0.25, 0.3) is 0 Å². The average Bonchev–Trinajstić information content (AvgIpc) is 2.62. The summed E-state index contributed by atoms with van der Waals surface area (Å²) in [6.07, 6.45) is 5.92. The van der Waals surface area contributed by atoms with Crippen molar-refractivity contribution in [2.45, 2.75) is 51.2 Å². The molecule has 0 aromatic rings. The maximum Gasteiger partial charge on any atom is 0.312 e. The van der Waals surface area contributed by atoms with Gasteiger partial charge in [0.1, 0.15) is 6.10 Å². The molecule has 3 nitrogen and oxygen atoms in total. The van der Waals surface area contributed by atoms with E-state index in [9.17, 15) is 4.79 Å². The van der Waals surface area contributed by atoms with Gasteiger partial charge in [-0.2, -0.15) is 0 Å². The van der Waals surface area contributed by atoms with Gasteiger partial charge in [0.15, 0.2) is 0 Å². The maximum absolute atomic E-state index is 11.9. The first kappa shape index (κ1) is 11.3. The monoisotopic (exact) mass is 236 g/mol. The van der Waals surface area contributed by atoms with Crippen LogP contribution < -0.4 is 0 Å². The number of hydrogen-bond acceptors (Lipinski definition) is 3. The number of esters is 1. The van der Waals surface area contributed by atoms with Gasteiger partial charge in [-0.1, -0.05) is 5.57 Å². The standard InChI is InChI=1S/C14H20O3/c1-8-11-7-9-5-3-4-6-10(9)13(16-2)12(11)14(15)17-8/h8,11-13H,3-7H2,1-2H3/t8-,11-,12+,13-/m1/s1. The first-order valence-corrected chi connectivity index (χ1v) is 6.66. The van der Waals surface area contributed by atoms with Gasteiger partial charge in [-0.15, -0.1) is 0 Å². The second kappa shape index (κ2) is 4.13. The fourth-order valence-corrected chi connectivity index (χ4v) is 3.81. The number of rotatable bonds is 1. The lowest BCUT2D eigenvalue weighted by molar-refractivity contribution is -0.146. The molecule has 0 radical (unpaired) electrons. The minimum absolute atomic E-state index is 0.0125. The van der Waals surface area contributed by atoms with Crippen LogP contribution in [0.2, 0.25) is 0 Å². The molecule has 0 N–H and O–H groups in total. The van der Waals surface area contributed by atoms with E-state index in [1.54, 1.807) is 12.7 Å². The topological polar surface area (TPSA) is 35.5 Å². The first-order valence-electron chi connectivity index (χ1n) is 6.66. The molecule has 94 valence electrons. The largest absolute Gasteiger partial charge is 0.462 e. The van der Waals surface area contributed by atoms with Crippen LogP contribution in [0.1, 0.15) is 39.0 Å². The van der Waals surface area contributed by atoms with Crippen molar-refractivity contribution in [3.05, 3.63) is 11.1 Å². The molecule has 4 atom stereocenters. The Morgan fingerprint density at radius 1 is 1.29 bits per heavy atom. The Morgan fingerprint density at radius 2 is 2.06 bits per heavy atom. The summed E-state index contributed by atoms with van der Waals surface area (Å²) in [5.41, 5.74) is 2.96. The van der Waals surface area contributed by atoms with Gasteiger partial charge in [-0.05, 0) is 44.6 Å². The van der Waals surface area contributed by atoms with Crippen molar-refractivity contribution in [1.82, 2.24) is 0 Å². The Morgan fingerprint density at radius 3 is 2.82 bits per heavy atom. The number of cyclic esters (lactones) is 1. The molecule has 0 unspecified atom stereocenters. The number of hydrogen-bond donors (Lipinski definition) is 0. The second-order valence-corrected chi connectivity index (χ2v) is 5.53. The lowest BCUT2D eigenvalue weighted by atomic mass is 9.69. The summed E-state index contributed by atoms with van der Waals surface area (Å²) in [5.74, 6) is 0.239. The molecule has 2 aliphatic carbocycles. The van der Waals surface area contributed by atoms with Crippen molar-refractivity contribution in [3.8, 4) is 0 Å². The summed E-state index contributed by atoms with van der Waals surface area (Å²) in [7, 11) is 1.72. The van der Waals surface area contributed by atoms with E-state index < -0.39 is 0 Å². The lowest BCUT2D eigenvalue weighted by Crippen LogP contribution is -2.39. The number of carbonyl (C=O) groups is 1. The molecule has 1 saturated heterocycles. The Kier molecular flexibility index (Phi) is 2.74. The average molecular weight is 236 g/mol. The molecule has 1 aliphatic heterocycles. The van der Waals surface area contributed by atoms with Crippen molar-refractivity contribution in [1.29, 1.82) is 0 Å². The fraction of sp³-hybridized carbons (Fsp3) is 0.786. The molecule has 0 bridgehead atoms. The first-order chi connectivity index (χ1) is 8.22. The van der Waals surface area contributed by atoms with Gasteiger partial charge < -0.3 is 9.47 Å². The molecule has 0 amide bonds. The van der Waals surface area contributed by atoms with Gasteiger partial charge in [0.05, 0.1) is 12.0 Å². The zero-order chi connectivity index (χ0) is 12.0. The van der Waals surface area contributed by atoms with Crippen LogP contribution >= 0.6 is 0 Å². The van der Waals surface area contributed by atoms with E-state index in [4.69, 9.17) is 9.47 Å². The summed E-state index contributed by atoms with van der Waals surface area (Å²) < 4.78 is 11.0. The quantitative estimate of drug-likeness (QED) is 0.518. The van der Waals surface area contributed by atoms with Crippen LogP contribution in [0.3, 0.4) is 0 Å². The third-order valence-corrected chi connectivity index (χ3v) is 4.67. The van der Waals surface area contributed by atoms with Crippen LogP contribution in [0.4, 0.5) is 0 Å². The zero-order valence-corrected chi connectivity index (χ0v) is 10.6. The van der Waals surface area contributed by atoms with Gasteiger partial charge in [-0.3, -0.25) is 4.79 Å². The summed E-state index contributed by atoms with van der Waals surface area (Å²) >= 11 is 0. The summed E-state index contributed by atoms with van der Waals surface area (Å²) in [5, 5.41) is 0. The predicted molar refractivity (Wildman–Crippen MR) is 63.4 cm³/mol. The molecule has 0 saturated carbocycles. The smallest absolute Gasteiger partial charge is 0.312 e. The van der Waals surface area contributed by atoms with Crippen LogP contribution in [0.15, 0.2) is 11.1 Å². The van der Waals surface area contributed by atoms with Crippen LogP contribution in [-0.2, 0) is 14.3 Å². The molecule has 0 aromatic carbocycles. The molecule has 1 fully saturated rings. The molecule has 1 heterocycles. The second-order valence-electron chi connectivity index (χ2n) is 5.53.